The molecule has 5 nitrogen and oxygen atoms in total. The fourth-order valence-electron chi connectivity index (χ4n) is 2.30. The summed E-state index contributed by atoms with van der Waals surface area (Å²) in [4.78, 5) is 16.2. The highest BCUT2D eigenvalue weighted by atomic mass is 16.2. The normalized spacial score (nSPS) is 22.2. The third kappa shape index (κ3) is 1.75. The van der Waals surface area contributed by atoms with Crippen LogP contribution >= 0.6 is 0 Å². The van der Waals surface area contributed by atoms with Crippen molar-refractivity contribution in [3.8, 4) is 0 Å². The Labute approximate surface area is 105 Å². The topological polar surface area (TPSA) is 59.8 Å². The molecule has 2 atom stereocenters. The zero-order valence-corrected chi connectivity index (χ0v) is 10.8. The molecule has 1 saturated carbocycles. The Hall–Kier alpha value is -1.91. The molecule has 18 heavy (non-hydrogen) atoms. The summed E-state index contributed by atoms with van der Waals surface area (Å²) in [6.45, 7) is 4.04. The van der Waals surface area contributed by atoms with Crippen molar-refractivity contribution in [2.75, 3.05) is 5.32 Å². The summed E-state index contributed by atoms with van der Waals surface area (Å²) in [5.41, 5.74) is 2.52. The first kappa shape index (κ1) is 11.2. The van der Waals surface area contributed by atoms with E-state index in [0.29, 0.717) is 5.92 Å². The third-order valence-corrected chi connectivity index (χ3v) is 3.58. The van der Waals surface area contributed by atoms with Crippen LogP contribution in [0.5, 0.6) is 0 Å². The highest BCUT2D eigenvalue weighted by molar-refractivity contribution is 5.96. The van der Waals surface area contributed by atoms with Gasteiger partial charge in [-0.25, -0.2) is 4.98 Å². The molecule has 3 rings (SSSR count). The minimum atomic E-state index is 0.102. The van der Waals surface area contributed by atoms with E-state index in [1.54, 1.807) is 10.9 Å². The molecule has 0 aromatic carbocycles. The van der Waals surface area contributed by atoms with E-state index in [2.05, 4.69) is 22.3 Å². The second-order valence-electron chi connectivity index (χ2n) is 5.11. The molecule has 2 aromatic rings. The molecule has 94 valence electrons. The van der Waals surface area contributed by atoms with Crippen LogP contribution < -0.4 is 5.32 Å². The van der Waals surface area contributed by atoms with Crippen LogP contribution in [0.25, 0.3) is 11.0 Å². The maximum Gasteiger partial charge on any atom is 0.227 e. The number of fused-ring (bicyclic) bond motifs is 1. The number of carbonyl (C=O) groups is 1. The predicted molar refractivity (Wildman–Crippen MR) is 69.1 cm³/mol. The first-order valence-corrected chi connectivity index (χ1v) is 6.16. The van der Waals surface area contributed by atoms with Crippen molar-refractivity contribution in [1.82, 2.24) is 14.8 Å². The van der Waals surface area contributed by atoms with Crippen LogP contribution in [0.1, 0.15) is 19.0 Å². The Kier molecular flexibility index (Phi) is 2.36. The molecule has 0 aliphatic heterocycles. The minimum absolute atomic E-state index is 0.102. The fraction of sp³-hybridized carbons (Fsp3) is 0.462. The first-order chi connectivity index (χ1) is 8.56. The maximum atomic E-state index is 11.9. The fourth-order valence-corrected chi connectivity index (χ4v) is 2.30. The lowest BCUT2D eigenvalue weighted by Crippen LogP contribution is -2.14. The van der Waals surface area contributed by atoms with Gasteiger partial charge >= 0.3 is 0 Å². The van der Waals surface area contributed by atoms with Gasteiger partial charge in [-0.05, 0) is 25.3 Å². The van der Waals surface area contributed by atoms with E-state index in [-0.39, 0.29) is 11.8 Å². The number of anilines is 1. The van der Waals surface area contributed by atoms with E-state index < -0.39 is 0 Å². The zero-order valence-electron chi connectivity index (χ0n) is 10.8. The highest BCUT2D eigenvalue weighted by Crippen LogP contribution is 2.38. The molecule has 2 aromatic heterocycles. The molecule has 0 radical (unpaired) electrons. The summed E-state index contributed by atoms with van der Waals surface area (Å²) in [7, 11) is 1.87. The van der Waals surface area contributed by atoms with Gasteiger partial charge in [0.15, 0.2) is 5.65 Å². The molecular formula is C13H16N4O. The van der Waals surface area contributed by atoms with Gasteiger partial charge in [-0.2, -0.15) is 5.10 Å². The van der Waals surface area contributed by atoms with Crippen LogP contribution in [0, 0.1) is 18.8 Å². The standard InChI is InChI=1S/C13H16N4O/c1-7-4-10(7)13(18)15-9-5-11-8(2)16-17(3)12(11)14-6-9/h5-7,10H,4H2,1-3H3,(H,15,18). The van der Waals surface area contributed by atoms with Crippen molar-refractivity contribution in [2.45, 2.75) is 20.3 Å². The number of nitrogens with zero attached hydrogens (tertiary/aromatic N) is 3. The molecule has 0 saturated heterocycles. The van der Waals surface area contributed by atoms with Gasteiger partial charge in [0.25, 0.3) is 0 Å². The smallest absolute Gasteiger partial charge is 0.227 e. The number of carbonyl (C=O) groups excluding carboxylic acids is 1. The lowest BCUT2D eigenvalue weighted by atomic mass is 10.2. The molecule has 5 heteroatoms. The summed E-state index contributed by atoms with van der Waals surface area (Å²) in [6.07, 6.45) is 2.68. The van der Waals surface area contributed by atoms with Crippen LogP contribution in [-0.4, -0.2) is 20.7 Å². The number of hydrogen-bond donors (Lipinski definition) is 1. The quantitative estimate of drug-likeness (QED) is 0.877. The Balaban J connectivity index is 1.89. The van der Waals surface area contributed by atoms with Gasteiger partial charge in [0.1, 0.15) is 0 Å². The summed E-state index contributed by atoms with van der Waals surface area (Å²) in [5, 5.41) is 8.22. The number of aryl methyl sites for hydroxylation is 2. The van der Waals surface area contributed by atoms with E-state index in [4.69, 9.17) is 0 Å². The molecule has 1 aliphatic rings. The zero-order chi connectivity index (χ0) is 12.9. The lowest BCUT2D eigenvalue weighted by Gasteiger charge is -2.04. The van der Waals surface area contributed by atoms with Crippen molar-refractivity contribution in [3.05, 3.63) is 18.0 Å². The molecule has 2 heterocycles. The van der Waals surface area contributed by atoms with Gasteiger partial charge in [-0.3, -0.25) is 9.48 Å². The van der Waals surface area contributed by atoms with Crippen molar-refractivity contribution < 1.29 is 4.79 Å². The molecule has 0 bridgehead atoms. The Morgan fingerprint density at radius 1 is 1.56 bits per heavy atom. The summed E-state index contributed by atoms with van der Waals surface area (Å²) < 4.78 is 1.75. The number of rotatable bonds is 2. The van der Waals surface area contributed by atoms with Crippen LogP contribution in [-0.2, 0) is 11.8 Å². The Bertz CT molecular complexity index is 631. The number of nitrogens with one attached hydrogen (secondary N) is 1. The van der Waals surface area contributed by atoms with Crippen LogP contribution in [0.4, 0.5) is 5.69 Å². The SMILES string of the molecule is Cc1nn(C)c2ncc(NC(=O)C3CC3C)cc12. The van der Waals surface area contributed by atoms with E-state index in [9.17, 15) is 4.79 Å². The molecule has 1 N–H and O–H groups in total. The van der Waals surface area contributed by atoms with E-state index in [1.807, 2.05) is 20.0 Å². The number of pyridine rings is 1. The highest BCUT2D eigenvalue weighted by Gasteiger charge is 2.39. The van der Waals surface area contributed by atoms with Crippen molar-refractivity contribution in [2.24, 2.45) is 18.9 Å². The molecule has 2 unspecified atom stereocenters. The van der Waals surface area contributed by atoms with Crippen LogP contribution in [0.2, 0.25) is 0 Å². The van der Waals surface area contributed by atoms with Gasteiger partial charge in [-0.15, -0.1) is 0 Å². The number of amides is 1. The largest absolute Gasteiger partial charge is 0.324 e. The lowest BCUT2D eigenvalue weighted by molar-refractivity contribution is -0.117. The molecule has 0 spiro atoms. The minimum Gasteiger partial charge on any atom is -0.324 e. The molecule has 1 aliphatic carbocycles. The molecular weight excluding hydrogens is 228 g/mol. The third-order valence-electron chi connectivity index (χ3n) is 3.58. The number of aromatic nitrogens is 3. The monoisotopic (exact) mass is 244 g/mol. The first-order valence-electron chi connectivity index (χ1n) is 6.16. The second kappa shape index (κ2) is 3.80. The molecule has 1 fully saturated rings. The van der Waals surface area contributed by atoms with Crippen molar-refractivity contribution in [3.63, 3.8) is 0 Å². The van der Waals surface area contributed by atoms with Gasteiger partial charge in [0.2, 0.25) is 5.91 Å². The molecule has 1 amide bonds. The van der Waals surface area contributed by atoms with E-state index in [0.717, 1.165) is 28.8 Å². The van der Waals surface area contributed by atoms with E-state index in [1.165, 1.54) is 0 Å². The Morgan fingerprint density at radius 2 is 2.28 bits per heavy atom. The summed E-state index contributed by atoms with van der Waals surface area (Å²) in [6, 6.07) is 1.94. The van der Waals surface area contributed by atoms with Gasteiger partial charge in [0.05, 0.1) is 17.6 Å². The van der Waals surface area contributed by atoms with Gasteiger partial charge in [-0.1, -0.05) is 6.92 Å². The predicted octanol–water partition coefficient (Wildman–Crippen LogP) is 1.87. The van der Waals surface area contributed by atoms with Gasteiger partial charge < -0.3 is 5.32 Å². The van der Waals surface area contributed by atoms with Crippen LogP contribution in [0.3, 0.4) is 0 Å². The average Bonchev–Trinajstić information content (AvgIpc) is 2.99. The van der Waals surface area contributed by atoms with Crippen molar-refractivity contribution >= 4 is 22.6 Å². The van der Waals surface area contributed by atoms with Gasteiger partial charge in [0, 0.05) is 18.4 Å². The second-order valence-corrected chi connectivity index (χ2v) is 5.11. The average molecular weight is 244 g/mol. The maximum absolute atomic E-state index is 11.9. The van der Waals surface area contributed by atoms with Crippen molar-refractivity contribution in [1.29, 1.82) is 0 Å². The van der Waals surface area contributed by atoms with E-state index >= 15 is 0 Å². The van der Waals surface area contributed by atoms with Crippen LogP contribution in [0.15, 0.2) is 12.3 Å². The summed E-state index contributed by atoms with van der Waals surface area (Å²) >= 11 is 0. The Morgan fingerprint density at radius 3 is 2.94 bits per heavy atom. The number of hydrogen-bond acceptors (Lipinski definition) is 3. The summed E-state index contributed by atoms with van der Waals surface area (Å²) in [5.74, 6) is 0.794.